The minimum Gasteiger partial charge on any atom is -0.497 e. The Balaban J connectivity index is 1.95. The molecule has 0 saturated carbocycles. The fourth-order valence-electron chi connectivity index (χ4n) is 2.95. The summed E-state index contributed by atoms with van der Waals surface area (Å²) in [4.78, 5) is 11.3. The number of methoxy groups -OCH3 is 2. The van der Waals surface area contributed by atoms with E-state index in [1.54, 1.807) is 7.11 Å². The minimum atomic E-state index is -0.161. The van der Waals surface area contributed by atoms with E-state index in [1.165, 1.54) is 18.1 Å². The lowest BCUT2D eigenvalue weighted by Gasteiger charge is -2.07. The number of aromatic nitrogens is 1. The van der Waals surface area contributed by atoms with E-state index < -0.39 is 0 Å². The molecule has 124 valence electrons. The van der Waals surface area contributed by atoms with Gasteiger partial charge >= 0.3 is 5.97 Å². The van der Waals surface area contributed by atoms with Gasteiger partial charge < -0.3 is 14.0 Å². The monoisotopic (exact) mass is 323 g/mol. The summed E-state index contributed by atoms with van der Waals surface area (Å²) < 4.78 is 12.2. The molecule has 0 fully saturated rings. The molecule has 24 heavy (non-hydrogen) atoms. The van der Waals surface area contributed by atoms with Crippen LogP contribution in [0.1, 0.15) is 18.4 Å². The van der Waals surface area contributed by atoms with Crippen LogP contribution in [0.3, 0.4) is 0 Å². The molecule has 0 spiro atoms. The zero-order chi connectivity index (χ0) is 16.9. The predicted molar refractivity (Wildman–Crippen MR) is 94.8 cm³/mol. The number of aryl methyl sites for hydroxylation is 1. The molecule has 4 nitrogen and oxygen atoms in total. The summed E-state index contributed by atoms with van der Waals surface area (Å²) in [6.07, 6.45) is 4.21. The molecule has 4 heteroatoms. The van der Waals surface area contributed by atoms with Gasteiger partial charge in [-0.1, -0.05) is 24.3 Å². The quantitative estimate of drug-likeness (QED) is 0.640. The van der Waals surface area contributed by atoms with Crippen LogP contribution in [0.4, 0.5) is 0 Å². The predicted octanol–water partition coefficient (Wildman–Crippen LogP) is 4.13. The Morgan fingerprint density at radius 1 is 1.08 bits per heavy atom. The standard InChI is InChI=1S/C20H21NO3/c1-23-17-9-6-8-16(13-17)21-14-15(7-5-12-20(22)24-2)18-10-3-4-11-19(18)21/h3-4,6,8-11,13-14H,5,7,12H2,1-2H3. The molecular weight excluding hydrogens is 302 g/mol. The molecule has 0 N–H and O–H groups in total. The lowest BCUT2D eigenvalue weighted by atomic mass is 10.1. The van der Waals surface area contributed by atoms with Crippen LogP contribution in [0.25, 0.3) is 16.6 Å². The van der Waals surface area contributed by atoms with Gasteiger partial charge in [-0.25, -0.2) is 0 Å². The number of nitrogens with zero attached hydrogens (tertiary/aromatic N) is 1. The lowest BCUT2D eigenvalue weighted by Crippen LogP contribution is -2.00. The SMILES string of the molecule is COC(=O)CCCc1cn(-c2cccc(OC)c2)c2ccccc12. The Morgan fingerprint density at radius 3 is 2.71 bits per heavy atom. The molecule has 3 aromatic rings. The van der Waals surface area contributed by atoms with E-state index in [1.807, 2.05) is 30.3 Å². The number of benzene rings is 2. The summed E-state index contributed by atoms with van der Waals surface area (Å²) in [6, 6.07) is 16.3. The van der Waals surface area contributed by atoms with Crippen molar-refractivity contribution in [3.8, 4) is 11.4 Å². The molecule has 1 aromatic heterocycles. The van der Waals surface area contributed by atoms with Crippen molar-refractivity contribution in [2.24, 2.45) is 0 Å². The van der Waals surface area contributed by atoms with E-state index in [0.717, 1.165) is 29.8 Å². The smallest absolute Gasteiger partial charge is 0.305 e. The first-order chi connectivity index (χ1) is 11.7. The molecule has 2 aromatic carbocycles. The zero-order valence-electron chi connectivity index (χ0n) is 14.0. The number of hydrogen-bond acceptors (Lipinski definition) is 3. The molecule has 0 aliphatic carbocycles. The molecule has 0 aliphatic heterocycles. The van der Waals surface area contributed by atoms with E-state index in [4.69, 9.17) is 9.47 Å². The van der Waals surface area contributed by atoms with Gasteiger partial charge in [0.15, 0.2) is 0 Å². The van der Waals surface area contributed by atoms with Gasteiger partial charge in [0.25, 0.3) is 0 Å². The average Bonchev–Trinajstić information content (AvgIpc) is 3.00. The summed E-state index contributed by atoms with van der Waals surface area (Å²) in [5.74, 6) is 0.670. The third-order valence-electron chi connectivity index (χ3n) is 4.18. The Hall–Kier alpha value is -2.75. The number of esters is 1. The Labute approximate surface area is 141 Å². The number of carbonyl (C=O) groups is 1. The highest BCUT2D eigenvalue weighted by Crippen LogP contribution is 2.27. The van der Waals surface area contributed by atoms with Crippen LogP contribution < -0.4 is 4.74 Å². The summed E-state index contributed by atoms with van der Waals surface area (Å²) >= 11 is 0. The maximum Gasteiger partial charge on any atom is 0.305 e. The highest BCUT2D eigenvalue weighted by Gasteiger charge is 2.10. The minimum absolute atomic E-state index is 0.161. The van der Waals surface area contributed by atoms with Crippen molar-refractivity contribution in [1.29, 1.82) is 0 Å². The van der Waals surface area contributed by atoms with E-state index in [2.05, 4.69) is 29.0 Å². The average molecular weight is 323 g/mol. The number of hydrogen-bond donors (Lipinski definition) is 0. The van der Waals surface area contributed by atoms with Gasteiger partial charge in [0.2, 0.25) is 0 Å². The molecular formula is C20H21NO3. The van der Waals surface area contributed by atoms with Gasteiger partial charge in [0.05, 0.1) is 19.7 Å². The van der Waals surface area contributed by atoms with E-state index in [-0.39, 0.29) is 5.97 Å². The van der Waals surface area contributed by atoms with Crippen molar-refractivity contribution < 1.29 is 14.3 Å². The van der Waals surface area contributed by atoms with Gasteiger partial charge in [-0.3, -0.25) is 4.79 Å². The van der Waals surface area contributed by atoms with Crippen molar-refractivity contribution in [3.63, 3.8) is 0 Å². The fraction of sp³-hybridized carbons (Fsp3) is 0.250. The number of fused-ring (bicyclic) bond motifs is 1. The molecule has 0 aliphatic rings. The summed E-state index contributed by atoms with van der Waals surface area (Å²) in [6.45, 7) is 0. The van der Waals surface area contributed by atoms with E-state index in [0.29, 0.717) is 6.42 Å². The second kappa shape index (κ2) is 7.21. The highest BCUT2D eigenvalue weighted by atomic mass is 16.5. The Bertz CT molecular complexity index is 851. The van der Waals surface area contributed by atoms with Gasteiger partial charge in [-0.2, -0.15) is 0 Å². The number of carbonyl (C=O) groups excluding carboxylic acids is 1. The van der Waals surface area contributed by atoms with Crippen LogP contribution in [0.15, 0.2) is 54.7 Å². The largest absolute Gasteiger partial charge is 0.497 e. The Morgan fingerprint density at radius 2 is 1.92 bits per heavy atom. The first kappa shape index (κ1) is 16.1. The summed E-state index contributed by atoms with van der Waals surface area (Å²) in [5, 5.41) is 1.21. The van der Waals surface area contributed by atoms with Gasteiger partial charge in [-0.05, 0) is 36.6 Å². The van der Waals surface area contributed by atoms with Crippen molar-refractivity contribution >= 4 is 16.9 Å². The maximum atomic E-state index is 11.3. The molecule has 0 saturated heterocycles. The molecule has 0 atom stereocenters. The number of ether oxygens (including phenoxy) is 2. The van der Waals surface area contributed by atoms with Crippen molar-refractivity contribution in [2.75, 3.05) is 14.2 Å². The lowest BCUT2D eigenvalue weighted by molar-refractivity contribution is -0.140. The summed E-state index contributed by atoms with van der Waals surface area (Å²) in [5.41, 5.74) is 3.45. The maximum absolute atomic E-state index is 11.3. The second-order valence-electron chi connectivity index (χ2n) is 5.67. The third kappa shape index (κ3) is 3.27. The van der Waals surface area contributed by atoms with Crippen LogP contribution in [0.2, 0.25) is 0 Å². The molecule has 0 amide bonds. The van der Waals surface area contributed by atoms with Crippen molar-refractivity contribution in [1.82, 2.24) is 4.57 Å². The van der Waals surface area contributed by atoms with E-state index in [9.17, 15) is 4.79 Å². The van der Waals surface area contributed by atoms with Gasteiger partial charge in [0, 0.05) is 29.8 Å². The molecule has 0 radical (unpaired) electrons. The van der Waals surface area contributed by atoms with Gasteiger partial charge in [-0.15, -0.1) is 0 Å². The molecule has 0 bridgehead atoms. The zero-order valence-corrected chi connectivity index (χ0v) is 14.0. The summed E-state index contributed by atoms with van der Waals surface area (Å²) in [7, 11) is 3.10. The van der Waals surface area contributed by atoms with Crippen LogP contribution >= 0.6 is 0 Å². The first-order valence-corrected chi connectivity index (χ1v) is 8.03. The first-order valence-electron chi connectivity index (χ1n) is 8.03. The van der Waals surface area contributed by atoms with Crippen LogP contribution in [0.5, 0.6) is 5.75 Å². The van der Waals surface area contributed by atoms with Crippen LogP contribution in [0, 0.1) is 0 Å². The highest BCUT2D eigenvalue weighted by molar-refractivity contribution is 5.85. The topological polar surface area (TPSA) is 40.5 Å². The Kier molecular flexibility index (Phi) is 4.85. The second-order valence-corrected chi connectivity index (χ2v) is 5.67. The van der Waals surface area contributed by atoms with Gasteiger partial charge in [0.1, 0.15) is 5.75 Å². The van der Waals surface area contributed by atoms with E-state index >= 15 is 0 Å². The van der Waals surface area contributed by atoms with Crippen molar-refractivity contribution in [2.45, 2.75) is 19.3 Å². The normalized spacial score (nSPS) is 10.8. The molecule has 0 unspecified atom stereocenters. The van der Waals surface area contributed by atoms with Crippen LogP contribution in [-0.2, 0) is 16.0 Å². The van der Waals surface area contributed by atoms with Crippen LogP contribution in [-0.4, -0.2) is 24.8 Å². The van der Waals surface area contributed by atoms with Crippen molar-refractivity contribution in [3.05, 3.63) is 60.3 Å². The third-order valence-corrected chi connectivity index (χ3v) is 4.18. The number of rotatable bonds is 6. The number of para-hydroxylation sites is 1. The molecule has 3 rings (SSSR count). The molecule has 1 heterocycles. The fourth-order valence-corrected chi connectivity index (χ4v) is 2.95.